The van der Waals surface area contributed by atoms with E-state index in [-0.39, 0.29) is 0 Å². The van der Waals surface area contributed by atoms with E-state index in [1.165, 1.54) is 0 Å². The topological polar surface area (TPSA) is 74.1 Å². The Kier molecular flexibility index (Phi) is 7.30. The van der Waals surface area contributed by atoms with E-state index in [1.807, 2.05) is 26.0 Å². The second-order valence-corrected chi connectivity index (χ2v) is 6.04. The maximum absolute atomic E-state index is 5.68. The lowest BCUT2D eigenvalue weighted by molar-refractivity contribution is 0.287. The number of anilines is 1. The number of aromatic nitrogens is 4. The maximum atomic E-state index is 5.68. The van der Waals surface area contributed by atoms with Gasteiger partial charge in [-0.3, -0.25) is 0 Å². The van der Waals surface area contributed by atoms with Gasteiger partial charge in [0.25, 0.3) is 0 Å². The summed E-state index contributed by atoms with van der Waals surface area (Å²) >= 11 is 3.59. The van der Waals surface area contributed by atoms with Crippen molar-refractivity contribution in [1.82, 2.24) is 20.2 Å². The van der Waals surface area contributed by atoms with E-state index in [4.69, 9.17) is 9.47 Å². The largest absolute Gasteiger partial charge is 0.490 e. The van der Waals surface area contributed by atoms with Crippen LogP contribution >= 0.6 is 15.9 Å². The molecule has 0 atom stereocenters. The first-order valence-electron chi connectivity index (χ1n) is 8.27. The summed E-state index contributed by atoms with van der Waals surface area (Å²) in [7, 11) is 0. The van der Waals surface area contributed by atoms with Crippen LogP contribution < -0.4 is 14.8 Å². The third kappa shape index (κ3) is 4.83. The van der Waals surface area contributed by atoms with Gasteiger partial charge >= 0.3 is 0 Å². The van der Waals surface area contributed by atoms with Crippen molar-refractivity contribution in [2.45, 2.75) is 46.7 Å². The van der Waals surface area contributed by atoms with E-state index in [0.717, 1.165) is 40.9 Å². The first-order valence-corrected chi connectivity index (χ1v) is 9.06. The Bertz CT molecular complexity index is 647. The van der Waals surface area contributed by atoms with Crippen LogP contribution in [0.3, 0.4) is 0 Å². The molecule has 1 heterocycles. The van der Waals surface area contributed by atoms with E-state index in [1.54, 1.807) is 4.68 Å². The molecule has 1 N–H and O–H groups in total. The fraction of sp³-hybridized carbons (Fsp3) is 0.562. The third-order valence-corrected chi connectivity index (χ3v) is 4.14. The van der Waals surface area contributed by atoms with Crippen molar-refractivity contribution in [1.29, 1.82) is 0 Å². The van der Waals surface area contributed by atoms with Crippen LogP contribution in [0.1, 0.15) is 39.2 Å². The average Bonchev–Trinajstić information content (AvgIpc) is 3.02. The number of halogens is 1. The molecule has 0 fully saturated rings. The lowest BCUT2D eigenvalue weighted by Gasteiger charge is -2.15. The summed E-state index contributed by atoms with van der Waals surface area (Å²) < 4.78 is 14.0. The zero-order valence-electron chi connectivity index (χ0n) is 14.4. The molecular weight excluding hydrogens is 374 g/mol. The zero-order chi connectivity index (χ0) is 17.4. The number of tetrazole rings is 1. The summed E-state index contributed by atoms with van der Waals surface area (Å²) in [6, 6.07) is 3.91. The predicted octanol–water partition coefficient (Wildman–Crippen LogP) is 3.65. The smallest absolute Gasteiger partial charge is 0.243 e. The molecule has 1 aromatic carbocycles. The number of aryl methyl sites for hydroxylation is 1. The highest BCUT2D eigenvalue weighted by atomic mass is 79.9. The Balaban J connectivity index is 2.12. The summed E-state index contributed by atoms with van der Waals surface area (Å²) in [4.78, 5) is 0. The number of ether oxygens (including phenoxy) is 2. The van der Waals surface area contributed by atoms with Crippen LogP contribution in [-0.2, 0) is 13.1 Å². The van der Waals surface area contributed by atoms with Crippen molar-refractivity contribution < 1.29 is 9.47 Å². The minimum absolute atomic E-state index is 0.583. The number of nitrogens with one attached hydrogen (secondary N) is 1. The van der Waals surface area contributed by atoms with Crippen molar-refractivity contribution in [2.75, 3.05) is 18.5 Å². The van der Waals surface area contributed by atoms with Crippen LogP contribution in [0.5, 0.6) is 11.5 Å². The Labute approximate surface area is 150 Å². The number of nitrogens with zero attached hydrogens (tertiary/aromatic N) is 4. The molecule has 132 valence electrons. The molecule has 0 aliphatic rings. The maximum Gasteiger partial charge on any atom is 0.243 e. The Morgan fingerprint density at radius 2 is 1.83 bits per heavy atom. The monoisotopic (exact) mass is 397 g/mol. The van der Waals surface area contributed by atoms with E-state index in [9.17, 15) is 0 Å². The van der Waals surface area contributed by atoms with Gasteiger partial charge in [-0.05, 0) is 48.4 Å². The number of rotatable bonds is 10. The molecule has 0 radical (unpaired) electrons. The van der Waals surface area contributed by atoms with Crippen LogP contribution in [-0.4, -0.2) is 33.4 Å². The molecule has 0 amide bonds. The second-order valence-electron chi connectivity index (χ2n) is 5.19. The fourth-order valence-electron chi connectivity index (χ4n) is 2.21. The highest BCUT2D eigenvalue weighted by molar-refractivity contribution is 9.10. The lowest BCUT2D eigenvalue weighted by atomic mass is 10.2. The minimum atomic E-state index is 0.583. The second kappa shape index (κ2) is 9.46. The first-order chi connectivity index (χ1) is 11.7. The Morgan fingerprint density at radius 1 is 1.12 bits per heavy atom. The summed E-state index contributed by atoms with van der Waals surface area (Å²) in [6.45, 7) is 8.62. The molecule has 2 aromatic rings. The molecule has 24 heavy (non-hydrogen) atoms. The van der Waals surface area contributed by atoms with E-state index < -0.39 is 0 Å². The van der Waals surface area contributed by atoms with E-state index in [0.29, 0.717) is 25.7 Å². The van der Waals surface area contributed by atoms with Gasteiger partial charge in [-0.2, -0.15) is 0 Å². The molecule has 0 aliphatic heterocycles. The highest BCUT2D eigenvalue weighted by Gasteiger charge is 2.12. The van der Waals surface area contributed by atoms with Crippen molar-refractivity contribution in [3.63, 3.8) is 0 Å². The molecule has 2 rings (SSSR count). The van der Waals surface area contributed by atoms with Gasteiger partial charge in [-0.1, -0.05) is 34.4 Å². The van der Waals surface area contributed by atoms with Gasteiger partial charge in [0.15, 0.2) is 11.5 Å². The molecule has 0 spiro atoms. The van der Waals surface area contributed by atoms with Gasteiger partial charge in [0.1, 0.15) is 0 Å². The molecule has 8 heteroatoms. The van der Waals surface area contributed by atoms with Crippen LogP contribution in [0.4, 0.5) is 5.95 Å². The van der Waals surface area contributed by atoms with Crippen LogP contribution in [0, 0.1) is 0 Å². The van der Waals surface area contributed by atoms with Gasteiger partial charge < -0.3 is 14.8 Å². The normalized spacial score (nSPS) is 10.7. The van der Waals surface area contributed by atoms with Crippen LogP contribution in [0.15, 0.2) is 16.6 Å². The average molecular weight is 398 g/mol. The molecule has 7 nitrogen and oxygen atoms in total. The molecule has 0 unspecified atom stereocenters. The van der Waals surface area contributed by atoms with Crippen LogP contribution in [0.2, 0.25) is 0 Å². The van der Waals surface area contributed by atoms with Crippen molar-refractivity contribution >= 4 is 21.9 Å². The molecule has 0 saturated heterocycles. The number of hydrogen-bond donors (Lipinski definition) is 1. The standard InChI is InChI=1S/C16H24BrN5O2/c1-4-7-8-22-16(19-20-21-22)18-11-12-9-14(23-5-2)15(24-6-3)10-13(12)17/h9-10H,4-8,11H2,1-3H3,(H,18,19,21). The fourth-order valence-corrected chi connectivity index (χ4v) is 2.68. The number of unbranched alkanes of at least 4 members (excludes halogenated alkanes) is 1. The molecule has 0 saturated carbocycles. The molecular formula is C16H24BrN5O2. The van der Waals surface area contributed by atoms with Crippen LogP contribution in [0.25, 0.3) is 0 Å². The lowest BCUT2D eigenvalue weighted by Crippen LogP contribution is -2.10. The zero-order valence-corrected chi connectivity index (χ0v) is 16.0. The summed E-state index contributed by atoms with van der Waals surface area (Å²) in [5.74, 6) is 2.15. The van der Waals surface area contributed by atoms with Crippen molar-refractivity contribution in [2.24, 2.45) is 0 Å². The SMILES string of the molecule is CCCCn1nnnc1NCc1cc(OCC)c(OCC)cc1Br. The number of benzene rings is 1. The van der Waals surface area contributed by atoms with E-state index in [2.05, 4.69) is 43.7 Å². The molecule has 0 aliphatic carbocycles. The predicted molar refractivity (Wildman–Crippen MR) is 96.5 cm³/mol. The Morgan fingerprint density at radius 3 is 2.50 bits per heavy atom. The highest BCUT2D eigenvalue weighted by Crippen LogP contribution is 2.34. The van der Waals surface area contributed by atoms with Crippen molar-refractivity contribution in [3.8, 4) is 11.5 Å². The first kappa shape index (κ1) is 18.5. The third-order valence-electron chi connectivity index (χ3n) is 3.40. The Hall–Kier alpha value is -1.83. The van der Waals surface area contributed by atoms with Gasteiger partial charge in [0, 0.05) is 17.6 Å². The summed E-state index contributed by atoms with van der Waals surface area (Å²) in [5, 5.41) is 15.1. The molecule has 1 aromatic heterocycles. The van der Waals surface area contributed by atoms with Gasteiger partial charge in [-0.15, -0.1) is 0 Å². The van der Waals surface area contributed by atoms with Gasteiger partial charge in [0.2, 0.25) is 5.95 Å². The van der Waals surface area contributed by atoms with Crippen molar-refractivity contribution in [3.05, 3.63) is 22.2 Å². The summed E-state index contributed by atoms with van der Waals surface area (Å²) in [5.41, 5.74) is 1.05. The van der Waals surface area contributed by atoms with Gasteiger partial charge in [0.05, 0.1) is 13.2 Å². The quantitative estimate of drug-likeness (QED) is 0.659. The number of hydrogen-bond acceptors (Lipinski definition) is 6. The minimum Gasteiger partial charge on any atom is -0.490 e. The van der Waals surface area contributed by atoms with Gasteiger partial charge in [-0.25, -0.2) is 4.68 Å². The van der Waals surface area contributed by atoms with E-state index >= 15 is 0 Å². The molecule has 0 bridgehead atoms. The summed E-state index contributed by atoms with van der Waals surface area (Å²) in [6.07, 6.45) is 2.14.